The summed E-state index contributed by atoms with van der Waals surface area (Å²) in [4.78, 5) is 4.16. The summed E-state index contributed by atoms with van der Waals surface area (Å²) in [5, 5.41) is 7.05. The van der Waals surface area contributed by atoms with Crippen molar-refractivity contribution in [1.29, 1.82) is 0 Å². The highest BCUT2D eigenvalue weighted by molar-refractivity contribution is 5.22. The number of oxazole rings is 1. The van der Waals surface area contributed by atoms with E-state index in [1.165, 1.54) is 19.2 Å². The summed E-state index contributed by atoms with van der Waals surface area (Å²) in [6.07, 6.45) is 5.90. The molecule has 2 aromatic rings. The normalized spacial score (nSPS) is 28.6. The molecular weight excluding hydrogens is 302 g/mol. The fraction of sp³-hybridized carbons (Fsp3) is 0.526. The predicted molar refractivity (Wildman–Crippen MR) is 92.1 cm³/mol. The second-order valence-electron chi connectivity index (χ2n) is 6.81. The van der Waals surface area contributed by atoms with Gasteiger partial charge < -0.3 is 19.8 Å². The van der Waals surface area contributed by atoms with Gasteiger partial charge in [-0.05, 0) is 56.4 Å². The standard InChI is InChI=1S/C19H25N3O2/c1-2-4-15(5-3-1)24-18-12-21-10-16(14-6-8-20-9-7-14)19(18)17-11-22-13-23-17/h1-5,11,13-14,16,18-21H,6-10,12H2. The molecule has 2 aliphatic rings. The maximum absolute atomic E-state index is 6.35. The fourth-order valence-corrected chi connectivity index (χ4v) is 4.23. The quantitative estimate of drug-likeness (QED) is 0.903. The van der Waals surface area contributed by atoms with Crippen LogP contribution in [0.15, 0.2) is 47.3 Å². The molecule has 1 aromatic carbocycles. The zero-order valence-corrected chi connectivity index (χ0v) is 13.9. The molecule has 2 saturated heterocycles. The van der Waals surface area contributed by atoms with E-state index in [-0.39, 0.29) is 12.0 Å². The van der Waals surface area contributed by atoms with Gasteiger partial charge in [0.05, 0.1) is 12.1 Å². The lowest BCUT2D eigenvalue weighted by atomic mass is 9.72. The Morgan fingerprint density at radius 3 is 2.62 bits per heavy atom. The predicted octanol–water partition coefficient (Wildman–Crippen LogP) is 2.42. The van der Waals surface area contributed by atoms with E-state index in [9.17, 15) is 0 Å². The summed E-state index contributed by atoms with van der Waals surface area (Å²) in [6, 6.07) is 10.1. The third-order valence-corrected chi connectivity index (χ3v) is 5.39. The lowest BCUT2D eigenvalue weighted by Gasteiger charge is -2.42. The van der Waals surface area contributed by atoms with Gasteiger partial charge in [0.15, 0.2) is 6.39 Å². The van der Waals surface area contributed by atoms with Crippen LogP contribution in [0.1, 0.15) is 24.5 Å². The second-order valence-corrected chi connectivity index (χ2v) is 6.81. The minimum atomic E-state index is 0.0639. The average molecular weight is 327 g/mol. The van der Waals surface area contributed by atoms with Gasteiger partial charge in [0, 0.05) is 6.54 Å². The van der Waals surface area contributed by atoms with Crippen LogP contribution in [0.3, 0.4) is 0 Å². The van der Waals surface area contributed by atoms with Gasteiger partial charge in [0.1, 0.15) is 17.6 Å². The summed E-state index contributed by atoms with van der Waals surface area (Å²) in [5.74, 6) is 3.33. The van der Waals surface area contributed by atoms with Crippen molar-refractivity contribution in [3.8, 4) is 5.75 Å². The molecule has 5 nitrogen and oxygen atoms in total. The van der Waals surface area contributed by atoms with Gasteiger partial charge in [-0.3, -0.25) is 0 Å². The summed E-state index contributed by atoms with van der Waals surface area (Å²) < 4.78 is 12.1. The highest BCUT2D eigenvalue weighted by Gasteiger charge is 2.42. The van der Waals surface area contributed by atoms with Crippen LogP contribution in [-0.2, 0) is 0 Å². The molecule has 0 bridgehead atoms. The second kappa shape index (κ2) is 7.36. The Hall–Kier alpha value is -1.85. The van der Waals surface area contributed by atoms with E-state index in [0.717, 1.165) is 37.7 Å². The monoisotopic (exact) mass is 327 g/mol. The molecule has 0 amide bonds. The van der Waals surface area contributed by atoms with Crippen molar-refractivity contribution in [2.45, 2.75) is 24.9 Å². The fourth-order valence-electron chi connectivity index (χ4n) is 4.23. The van der Waals surface area contributed by atoms with Crippen molar-refractivity contribution in [2.24, 2.45) is 11.8 Å². The number of rotatable bonds is 4. The number of aromatic nitrogens is 1. The van der Waals surface area contributed by atoms with Gasteiger partial charge >= 0.3 is 0 Å². The molecular formula is C19H25N3O2. The minimum Gasteiger partial charge on any atom is -0.488 e. The molecule has 3 heterocycles. The molecule has 3 atom stereocenters. The maximum atomic E-state index is 6.35. The first-order valence-electron chi connectivity index (χ1n) is 8.93. The molecule has 1 aromatic heterocycles. The number of benzene rings is 1. The first-order chi connectivity index (χ1) is 11.9. The van der Waals surface area contributed by atoms with Crippen LogP contribution in [0.4, 0.5) is 0 Å². The van der Waals surface area contributed by atoms with Crippen molar-refractivity contribution < 1.29 is 9.15 Å². The van der Waals surface area contributed by atoms with Crippen molar-refractivity contribution >= 4 is 0 Å². The van der Waals surface area contributed by atoms with Crippen molar-refractivity contribution in [3.05, 3.63) is 48.7 Å². The van der Waals surface area contributed by atoms with Crippen LogP contribution in [0.25, 0.3) is 0 Å². The highest BCUT2D eigenvalue weighted by atomic mass is 16.5. The van der Waals surface area contributed by atoms with E-state index in [0.29, 0.717) is 11.8 Å². The lowest BCUT2D eigenvalue weighted by Crippen LogP contribution is -2.51. The van der Waals surface area contributed by atoms with Crippen molar-refractivity contribution in [2.75, 3.05) is 26.2 Å². The van der Waals surface area contributed by atoms with E-state index >= 15 is 0 Å². The van der Waals surface area contributed by atoms with Crippen LogP contribution in [-0.4, -0.2) is 37.3 Å². The Bertz CT molecular complexity index is 611. The van der Waals surface area contributed by atoms with Crippen molar-refractivity contribution in [1.82, 2.24) is 15.6 Å². The van der Waals surface area contributed by atoms with Gasteiger partial charge in [0.25, 0.3) is 0 Å². The van der Waals surface area contributed by atoms with E-state index in [2.05, 4.69) is 15.6 Å². The van der Waals surface area contributed by atoms with Gasteiger partial charge in [0.2, 0.25) is 0 Å². The van der Waals surface area contributed by atoms with Crippen LogP contribution in [0.2, 0.25) is 0 Å². The SMILES string of the molecule is c1ccc(OC2CNCC(C3CCNCC3)C2c2cnco2)cc1. The van der Waals surface area contributed by atoms with Gasteiger partial charge in [-0.1, -0.05) is 18.2 Å². The number of ether oxygens (including phenoxy) is 1. The van der Waals surface area contributed by atoms with Crippen LogP contribution in [0.5, 0.6) is 5.75 Å². The highest BCUT2D eigenvalue weighted by Crippen LogP contribution is 2.39. The molecule has 0 spiro atoms. The van der Waals surface area contributed by atoms with Gasteiger partial charge in [-0.15, -0.1) is 0 Å². The third kappa shape index (κ3) is 3.32. The topological polar surface area (TPSA) is 59.3 Å². The molecule has 0 radical (unpaired) electrons. The molecule has 2 aliphatic heterocycles. The molecule has 128 valence electrons. The molecule has 2 N–H and O–H groups in total. The van der Waals surface area contributed by atoms with E-state index < -0.39 is 0 Å². The maximum Gasteiger partial charge on any atom is 0.180 e. The van der Waals surface area contributed by atoms with E-state index in [4.69, 9.17) is 9.15 Å². The molecule has 5 heteroatoms. The Morgan fingerprint density at radius 1 is 1.04 bits per heavy atom. The summed E-state index contributed by atoms with van der Waals surface area (Å²) in [7, 11) is 0. The zero-order valence-electron chi connectivity index (χ0n) is 13.9. The summed E-state index contributed by atoms with van der Waals surface area (Å²) in [6.45, 7) is 4.06. The largest absolute Gasteiger partial charge is 0.488 e. The molecule has 24 heavy (non-hydrogen) atoms. The first-order valence-corrected chi connectivity index (χ1v) is 8.93. The Kier molecular flexibility index (Phi) is 4.81. The molecule has 2 fully saturated rings. The van der Waals surface area contributed by atoms with Gasteiger partial charge in [-0.2, -0.15) is 0 Å². The average Bonchev–Trinajstić information content (AvgIpc) is 3.17. The lowest BCUT2D eigenvalue weighted by molar-refractivity contribution is 0.0633. The molecule has 0 aliphatic carbocycles. The Labute approximate surface area is 142 Å². The summed E-state index contributed by atoms with van der Waals surface area (Å²) in [5.41, 5.74) is 0. The Morgan fingerprint density at radius 2 is 1.88 bits per heavy atom. The summed E-state index contributed by atoms with van der Waals surface area (Å²) >= 11 is 0. The minimum absolute atomic E-state index is 0.0639. The Balaban J connectivity index is 1.59. The van der Waals surface area contributed by atoms with E-state index in [1.807, 2.05) is 36.5 Å². The molecule has 3 unspecified atom stereocenters. The van der Waals surface area contributed by atoms with Crippen molar-refractivity contribution in [3.63, 3.8) is 0 Å². The van der Waals surface area contributed by atoms with Crippen LogP contribution < -0.4 is 15.4 Å². The molecule has 4 rings (SSSR count). The number of nitrogens with zero attached hydrogens (tertiary/aromatic N) is 1. The number of nitrogens with one attached hydrogen (secondary N) is 2. The first kappa shape index (κ1) is 15.7. The van der Waals surface area contributed by atoms with Gasteiger partial charge in [-0.25, -0.2) is 4.98 Å². The number of hydrogen-bond acceptors (Lipinski definition) is 5. The zero-order chi connectivity index (χ0) is 16.2. The van der Waals surface area contributed by atoms with E-state index in [1.54, 1.807) is 0 Å². The molecule has 0 saturated carbocycles. The third-order valence-electron chi connectivity index (χ3n) is 5.39. The number of hydrogen-bond donors (Lipinski definition) is 2. The van der Waals surface area contributed by atoms with Crippen LogP contribution in [0, 0.1) is 11.8 Å². The number of piperidine rings is 2. The number of para-hydroxylation sites is 1. The smallest absolute Gasteiger partial charge is 0.180 e. The van der Waals surface area contributed by atoms with Crippen LogP contribution >= 0.6 is 0 Å².